The average molecular weight is 385 g/mol. The van der Waals surface area contributed by atoms with Gasteiger partial charge in [0.1, 0.15) is 0 Å². The van der Waals surface area contributed by atoms with Crippen LogP contribution < -0.4 is 0 Å². The number of carbonyl (C=O) groups is 1. The van der Waals surface area contributed by atoms with Gasteiger partial charge in [-0.1, -0.05) is 44.9 Å². The highest BCUT2D eigenvalue weighted by Crippen LogP contribution is 2.59. The highest BCUT2D eigenvalue weighted by Gasteiger charge is 2.52. The third-order valence-corrected chi connectivity index (χ3v) is 7.10. The molecule has 0 aliphatic heterocycles. The normalized spacial score (nSPS) is 29.2. The number of esters is 1. The van der Waals surface area contributed by atoms with E-state index in [4.69, 9.17) is 4.74 Å². The molecule has 1 aromatic rings. The molecule has 1 saturated carbocycles. The zero-order valence-corrected chi connectivity index (χ0v) is 17.4. The molecule has 0 bridgehead atoms. The molecule has 0 amide bonds. The molecule has 0 saturated heterocycles. The maximum absolute atomic E-state index is 12.3. The van der Waals surface area contributed by atoms with E-state index >= 15 is 0 Å². The second-order valence-electron chi connectivity index (χ2n) is 9.35. The monoisotopic (exact) mass is 384 g/mol. The van der Waals surface area contributed by atoms with E-state index in [-0.39, 0.29) is 28.8 Å². The van der Waals surface area contributed by atoms with Crippen LogP contribution in [-0.2, 0) is 9.53 Å². The van der Waals surface area contributed by atoms with Crippen LogP contribution in [-0.4, -0.2) is 22.8 Å². The molecule has 0 aromatic heterocycles. The minimum Gasteiger partial charge on any atom is -0.504 e. The van der Waals surface area contributed by atoms with E-state index in [2.05, 4.69) is 33.8 Å². The minimum absolute atomic E-state index is 0.160. The second kappa shape index (κ2) is 7.65. The molecular formula is C24H32O4. The Balaban J connectivity index is 1.67. The Morgan fingerprint density at radius 2 is 1.96 bits per heavy atom. The molecule has 0 heterocycles. The van der Waals surface area contributed by atoms with Gasteiger partial charge in [-0.05, 0) is 66.7 Å². The molecule has 3 rings (SSSR count). The predicted molar refractivity (Wildman–Crippen MR) is 111 cm³/mol. The first-order valence-electron chi connectivity index (χ1n) is 10.2. The van der Waals surface area contributed by atoms with Crippen molar-refractivity contribution < 1.29 is 19.7 Å². The summed E-state index contributed by atoms with van der Waals surface area (Å²) in [6.45, 7) is 9.69. The van der Waals surface area contributed by atoms with Crippen LogP contribution in [0.15, 0.2) is 35.9 Å². The van der Waals surface area contributed by atoms with Crippen LogP contribution in [0.4, 0.5) is 0 Å². The van der Waals surface area contributed by atoms with E-state index < -0.39 is 0 Å². The minimum atomic E-state index is -0.388. The Morgan fingerprint density at radius 3 is 2.68 bits per heavy atom. The fourth-order valence-electron chi connectivity index (χ4n) is 5.48. The number of ether oxygens (including phenoxy) is 1. The van der Waals surface area contributed by atoms with E-state index in [1.165, 1.54) is 43.0 Å². The molecule has 0 radical (unpaired) electrons. The van der Waals surface area contributed by atoms with Gasteiger partial charge in [-0.25, -0.2) is 4.79 Å². The van der Waals surface area contributed by atoms with E-state index in [0.717, 1.165) is 6.42 Å². The first kappa shape index (κ1) is 20.5. The molecule has 2 aliphatic rings. The Hall–Kier alpha value is -2.23. The zero-order chi connectivity index (χ0) is 20.5. The van der Waals surface area contributed by atoms with Crippen molar-refractivity contribution in [3.63, 3.8) is 0 Å². The number of fused-ring (bicyclic) bond motifs is 1. The number of benzene rings is 1. The number of phenols is 2. The van der Waals surface area contributed by atoms with Gasteiger partial charge in [0, 0.05) is 12.0 Å². The topological polar surface area (TPSA) is 66.8 Å². The Labute approximate surface area is 167 Å². The standard InChI is InChI=1S/C24H32O4/c1-16-6-10-21-23(2,3)12-5-13-24(21,4)18(16)15-28-22(27)11-8-17-7-9-19(25)20(26)14-17/h6-9,11,14,18,21,25-26H,5,10,12-13,15H2,1-4H3. The SMILES string of the molecule is CC1=CCC2C(C)(C)CCCC2(C)C1COC(=O)C=Cc1ccc(O)c(O)c1. The number of hydrogen-bond donors (Lipinski definition) is 2. The number of phenolic OH excluding ortho intramolecular Hbond substituents is 2. The Morgan fingerprint density at radius 1 is 1.21 bits per heavy atom. The van der Waals surface area contributed by atoms with Gasteiger partial charge in [-0.3, -0.25) is 0 Å². The molecule has 4 heteroatoms. The Bertz CT molecular complexity index is 805. The average Bonchev–Trinajstić information content (AvgIpc) is 2.61. The first-order valence-corrected chi connectivity index (χ1v) is 10.2. The molecule has 3 atom stereocenters. The molecule has 1 fully saturated rings. The van der Waals surface area contributed by atoms with E-state index in [0.29, 0.717) is 23.5 Å². The van der Waals surface area contributed by atoms with Crippen LogP contribution in [0.25, 0.3) is 6.08 Å². The highest BCUT2D eigenvalue weighted by atomic mass is 16.5. The lowest BCUT2D eigenvalue weighted by atomic mass is 9.49. The van der Waals surface area contributed by atoms with Crippen LogP contribution in [0.1, 0.15) is 58.9 Å². The third kappa shape index (κ3) is 3.96. The van der Waals surface area contributed by atoms with E-state index in [1.807, 2.05) is 0 Å². The summed E-state index contributed by atoms with van der Waals surface area (Å²) in [6.07, 6.45) is 10.1. The molecule has 3 unspecified atom stereocenters. The first-order chi connectivity index (χ1) is 13.1. The zero-order valence-electron chi connectivity index (χ0n) is 17.4. The van der Waals surface area contributed by atoms with Crippen molar-refractivity contribution >= 4 is 12.0 Å². The molecule has 4 nitrogen and oxygen atoms in total. The van der Waals surface area contributed by atoms with Gasteiger partial charge >= 0.3 is 5.97 Å². The Kier molecular flexibility index (Phi) is 5.60. The van der Waals surface area contributed by atoms with E-state index in [1.54, 1.807) is 12.1 Å². The summed E-state index contributed by atoms with van der Waals surface area (Å²) in [5.74, 6) is 0.0774. The summed E-state index contributed by atoms with van der Waals surface area (Å²) < 4.78 is 5.63. The number of aromatic hydroxyl groups is 2. The third-order valence-electron chi connectivity index (χ3n) is 7.10. The number of allylic oxidation sites excluding steroid dienone is 1. The van der Waals surface area contributed by atoms with Crippen molar-refractivity contribution in [2.45, 2.75) is 53.4 Å². The van der Waals surface area contributed by atoms with Crippen LogP contribution in [0.5, 0.6) is 11.5 Å². The van der Waals surface area contributed by atoms with Crippen molar-refractivity contribution in [2.24, 2.45) is 22.7 Å². The van der Waals surface area contributed by atoms with Crippen LogP contribution in [0.3, 0.4) is 0 Å². The lowest BCUT2D eigenvalue weighted by Gasteiger charge is -2.56. The maximum Gasteiger partial charge on any atom is 0.330 e. The van der Waals surface area contributed by atoms with Gasteiger partial charge in [0.25, 0.3) is 0 Å². The summed E-state index contributed by atoms with van der Waals surface area (Å²) in [6, 6.07) is 4.42. The van der Waals surface area contributed by atoms with Gasteiger partial charge < -0.3 is 14.9 Å². The van der Waals surface area contributed by atoms with Gasteiger partial charge in [0.15, 0.2) is 11.5 Å². The van der Waals surface area contributed by atoms with Crippen molar-refractivity contribution in [1.29, 1.82) is 0 Å². The number of hydrogen-bond acceptors (Lipinski definition) is 4. The fourth-order valence-corrected chi connectivity index (χ4v) is 5.48. The van der Waals surface area contributed by atoms with Crippen molar-refractivity contribution in [2.75, 3.05) is 6.61 Å². The molecule has 2 aliphatic carbocycles. The van der Waals surface area contributed by atoms with Crippen LogP contribution >= 0.6 is 0 Å². The second-order valence-corrected chi connectivity index (χ2v) is 9.35. The smallest absolute Gasteiger partial charge is 0.330 e. The van der Waals surface area contributed by atoms with Gasteiger partial charge in [-0.15, -0.1) is 0 Å². The van der Waals surface area contributed by atoms with Crippen molar-refractivity contribution in [3.8, 4) is 11.5 Å². The molecule has 28 heavy (non-hydrogen) atoms. The lowest BCUT2D eigenvalue weighted by molar-refractivity contribution is -0.142. The van der Waals surface area contributed by atoms with Crippen LogP contribution in [0, 0.1) is 22.7 Å². The van der Waals surface area contributed by atoms with Gasteiger partial charge in [-0.2, -0.15) is 0 Å². The molecule has 152 valence electrons. The quantitative estimate of drug-likeness (QED) is 0.313. The van der Waals surface area contributed by atoms with Crippen molar-refractivity contribution in [3.05, 3.63) is 41.5 Å². The summed E-state index contributed by atoms with van der Waals surface area (Å²) in [7, 11) is 0. The molecule has 1 aromatic carbocycles. The fraction of sp³-hybridized carbons (Fsp3) is 0.542. The molecular weight excluding hydrogens is 352 g/mol. The predicted octanol–water partition coefficient (Wildman–Crippen LogP) is 5.45. The van der Waals surface area contributed by atoms with Gasteiger partial charge in [0.05, 0.1) is 6.61 Å². The maximum atomic E-state index is 12.3. The largest absolute Gasteiger partial charge is 0.504 e. The summed E-state index contributed by atoms with van der Waals surface area (Å²) in [5, 5.41) is 18.9. The van der Waals surface area contributed by atoms with Crippen molar-refractivity contribution in [1.82, 2.24) is 0 Å². The van der Waals surface area contributed by atoms with E-state index in [9.17, 15) is 15.0 Å². The number of carbonyl (C=O) groups excluding carboxylic acids is 1. The summed E-state index contributed by atoms with van der Waals surface area (Å²) in [5.41, 5.74) is 2.43. The van der Waals surface area contributed by atoms with Crippen LogP contribution in [0.2, 0.25) is 0 Å². The molecule has 2 N–H and O–H groups in total. The summed E-state index contributed by atoms with van der Waals surface area (Å²) >= 11 is 0. The number of rotatable bonds is 4. The summed E-state index contributed by atoms with van der Waals surface area (Å²) in [4.78, 5) is 12.3. The molecule has 0 spiro atoms. The van der Waals surface area contributed by atoms with Gasteiger partial charge in [0.2, 0.25) is 0 Å². The highest BCUT2D eigenvalue weighted by molar-refractivity contribution is 5.87. The lowest BCUT2D eigenvalue weighted by Crippen LogP contribution is -2.49.